The van der Waals surface area contributed by atoms with Gasteiger partial charge in [-0.25, -0.2) is 0 Å². The van der Waals surface area contributed by atoms with E-state index in [9.17, 15) is 4.79 Å². The highest BCUT2D eigenvalue weighted by atomic mass is 16.5. The molecule has 0 bridgehead atoms. The number of nitrogens with zero attached hydrogens (tertiary/aromatic N) is 2. The molecule has 6 nitrogen and oxygen atoms in total. The molecular formula is C25H32N4O2. The summed E-state index contributed by atoms with van der Waals surface area (Å²) in [6.07, 6.45) is 7.87. The third-order valence-corrected chi connectivity index (χ3v) is 7.02. The number of carbonyl (C=O) groups excluding carboxylic acids is 1. The molecule has 1 aromatic carbocycles. The molecule has 3 aliphatic rings. The van der Waals surface area contributed by atoms with Crippen molar-refractivity contribution in [2.45, 2.75) is 55.8 Å². The lowest BCUT2D eigenvalue weighted by molar-refractivity contribution is -0.123. The van der Waals surface area contributed by atoms with Crippen LogP contribution < -0.4 is 10.6 Å². The lowest BCUT2D eigenvalue weighted by Crippen LogP contribution is -2.47. The fraction of sp³-hybridized carbons (Fsp3) is 0.520. The first-order chi connectivity index (χ1) is 15.2. The van der Waals surface area contributed by atoms with Crippen molar-refractivity contribution in [3.8, 4) is 0 Å². The van der Waals surface area contributed by atoms with Crippen LogP contribution in [-0.4, -0.2) is 59.7 Å². The van der Waals surface area contributed by atoms with Crippen molar-refractivity contribution in [3.05, 3.63) is 66.0 Å². The summed E-state index contributed by atoms with van der Waals surface area (Å²) in [6.45, 7) is 3.64. The van der Waals surface area contributed by atoms with Crippen LogP contribution in [-0.2, 0) is 16.1 Å². The molecule has 0 radical (unpaired) electrons. The monoisotopic (exact) mass is 420 g/mol. The van der Waals surface area contributed by atoms with Crippen LogP contribution in [0.15, 0.2) is 54.9 Å². The minimum atomic E-state index is -0.00250. The Morgan fingerprint density at radius 1 is 1.16 bits per heavy atom. The average Bonchev–Trinajstić information content (AvgIpc) is 3.47. The van der Waals surface area contributed by atoms with Crippen molar-refractivity contribution in [2.75, 3.05) is 26.2 Å². The van der Waals surface area contributed by atoms with Crippen molar-refractivity contribution >= 4 is 5.91 Å². The fourth-order valence-corrected chi connectivity index (χ4v) is 5.13. The summed E-state index contributed by atoms with van der Waals surface area (Å²) in [5, 5.41) is 6.84. The van der Waals surface area contributed by atoms with Crippen LogP contribution in [0.2, 0.25) is 0 Å². The van der Waals surface area contributed by atoms with Crippen LogP contribution in [0.4, 0.5) is 0 Å². The fourth-order valence-electron chi connectivity index (χ4n) is 5.13. The van der Waals surface area contributed by atoms with E-state index < -0.39 is 0 Å². The molecule has 3 heterocycles. The van der Waals surface area contributed by atoms with Gasteiger partial charge in [-0.1, -0.05) is 36.4 Å². The Labute approximate surface area is 184 Å². The van der Waals surface area contributed by atoms with Crippen LogP contribution in [0.25, 0.3) is 0 Å². The smallest absolute Gasteiger partial charge is 0.234 e. The molecule has 2 N–H and O–H groups in total. The van der Waals surface area contributed by atoms with Crippen LogP contribution in [0, 0.1) is 0 Å². The summed E-state index contributed by atoms with van der Waals surface area (Å²) in [6, 6.07) is 15.7. The van der Waals surface area contributed by atoms with Gasteiger partial charge in [0.1, 0.15) is 0 Å². The van der Waals surface area contributed by atoms with E-state index in [1.165, 1.54) is 12.0 Å². The Hall–Kier alpha value is -2.28. The standard InChI is InChI=1S/C25H32N4O2/c30-24(27-16-19-5-4-10-26-15-19)17-29-11-8-25(9-12-29)14-21(18-31-25)28-23-13-22(23)20-6-2-1-3-7-20/h1-7,10,15,21-23,28H,8-9,11-14,16-18H2,(H,27,30)/t21?,22-,23+/m0/s1. The highest BCUT2D eigenvalue weighted by Gasteiger charge is 2.46. The predicted molar refractivity (Wildman–Crippen MR) is 120 cm³/mol. The number of nitrogens with one attached hydrogen (secondary N) is 2. The second-order valence-electron chi connectivity index (χ2n) is 9.34. The van der Waals surface area contributed by atoms with Crippen LogP contribution in [0.1, 0.15) is 42.7 Å². The Morgan fingerprint density at radius 2 is 2.00 bits per heavy atom. The summed E-state index contributed by atoms with van der Waals surface area (Å²) in [5.74, 6) is 0.733. The Bertz CT molecular complexity index is 868. The van der Waals surface area contributed by atoms with E-state index in [1.54, 1.807) is 12.4 Å². The maximum Gasteiger partial charge on any atom is 0.234 e. The lowest BCUT2D eigenvalue weighted by Gasteiger charge is -2.38. The lowest BCUT2D eigenvalue weighted by atomic mass is 9.87. The molecule has 1 aromatic heterocycles. The quantitative estimate of drug-likeness (QED) is 0.720. The van der Waals surface area contributed by atoms with Crippen molar-refractivity contribution in [1.29, 1.82) is 0 Å². The van der Waals surface area contributed by atoms with Gasteiger partial charge in [-0.15, -0.1) is 0 Å². The zero-order chi connectivity index (χ0) is 21.1. The third-order valence-electron chi connectivity index (χ3n) is 7.02. The Morgan fingerprint density at radius 3 is 2.77 bits per heavy atom. The van der Waals surface area contributed by atoms with E-state index in [1.807, 2.05) is 12.1 Å². The van der Waals surface area contributed by atoms with Gasteiger partial charge >= 0.3 is 0 Å². The third kappa shape index (κ3) is 5.14. The van der Waals surface area contributed by atoms with E-state index in [2.05, 4.69) is 50.8 Å². The molecule has 3 atom stereocenters. The van der Waals surface area contributed by atoms with Crippen molar-refractivity contribution < 1.29 is 9.53 Å². The number of pyridine rings is 1. The minimum absolute atomic E-state index is 0.00250. The molecule has 6 heteroatoms. The zero-order valence-corrected chi connectivity index (χ0v) is 18.0. The van der Waals surface area contributed by atoms with E-state index in [0.29, 0.717) is 31.1 Å². The second-order valence-corrected chi connectivity index (χ2v) is 9.34. The minimum Gasteiger partial charge on any atom is -0.373 e. The zero-order valence-electron chi connectivity index (χ0n) is 18.0. The van der Waals surface area contributed by atoms with Gasteiger partial charge in [0.15, 0.2) is 0 Å². The van der Waals surface area contributed by atoms with Gasteiger partial charge in [-0.05, 0) is 42.9 Å². The van der Waals surface area contributed by atoms with Gasteiger partial charge < -0.3 is 15.4 Å². The molecule has 1 saturated carbocycles. The second kappa shape index (κ2) is 9.07. The average molecular weight is 421 g/mol. The number of ether oxygens (including phenoxy) is 1. The van der Waals surface area contributed by atoms with E-state index in [4.69, 9.17) is 4.74 Å². The number of hydrogen-bond donors (Lipinski definition) is 2. The number of amides is 1. The molecule has 1 aliphatic carbocycles. The molecule has 3 fully saturated rings. The van der Waals surface area contributed by atoms with Gasteiger partial charge in [0.25, 0.3) is 0 Å². The number of piperidine rings is 1. The van der Waals surface area contributed by atoms with Crippen molar-refractivity contribution in [2.24, 2.45) is 0 Å². The number of aromatic nitrogens is 1. The number of rotatable bonds is 7. The molecule has 31 heavy (non-hydrogen) atoms. The maximum atomic E-state index is 12.3. The number of benzene rings is 1. The normalized spacial score (nSPS) is 27.3. The maximum absolute atomic E-state index is 12.3. The number of likely N-dealkylation sites (tertiary alicyclic amines) is 1. The molecule has 1 unspecified atom stereocenters. The summed E-state index contributed by atoms with van der Waals surface area (Å²) in [5.41, 5.74) is 2.47. The van der Waals surface area contributed by atoms with Gasteiger partial charge in [-0.2, -0.15) is 0 Å². The molecule has 1 amide bonds. The molecular weight excluding hydrogens is 388 g/mol. The number of carbonyl (C=O) groups is 1. The van der Waals surface area contributed by atoms with Gasteiger partial charge in [0.05, 0.1) is 18.8 Å². The molecule has 1 spiro atoms. The van der Waals surface area contributed by atoms with Crippen molar-refractivity contribution in [3.63, 3.8) is 0 Å². The first kappa shape index (κ1) is 20.6. The first-order valence-corrected chi connectivity index (χ1v) is 11.5. The van der Waals surface area contributed by atoms with Gasteiger partial charge in [-0.3, -0.25) is 14.7 Å². The summed E-state index contributed by atoms with van der Waals surface area (Å²) >= 11 is 0. The van der Waals surface area contributed by atoms with Gasteiger partial charge in [0.2, 0.25) is 5.91 Å². The molecule has 2 aliphatic heterocycles. The van der Waals surface area contributed by atoms with Crippen LogP contribution in [0.3, 0.4) is 0 Å². The molecule has 2 aromatic rings. The predicted octanol–water partition coefficient (Wildman–Crippen LogP) is 2.47. The largest absolute Gasteiger partial charge is 0.373 e. The van der Waals surface area contributed by atoms with E-state index in [0.717, 1.165) is 44.5 Å². The van der Waals surface area contributed by atoms with Crippen LogP contribution in [0.5, 0.6) is 0 Å². The topological polar surface area (TPSA) is 66.5 Å². The molecule has 164 valence electrons. The van der Waals surface area contributed by atoms with Gasteiger partial charge in [0, 0.05) is 50.0 Å². The van der Waals surface area contributed by atoms with E-state index >= 15 is 0 Å². The van der Waals surface area contributed by atoms with E-state index in [-0.39, 0.29) is 11.5 Å². The summed E-state index contributed by atoms with van der Waals surface area (Å²) < 4.78 is 6.33. The molecule has 2 saturated heterocycles. The number of hydrogen-bond acceptors (Lipinski definition) is 5. The van der Waals surface area contributed by atoms with Crippen LogP contribution >= 0.6 is 0 Å². The Kier molecular flexibility index (Phi) is 6.03. The molecule has 5 rings (SSSR count). The van der Waals surface area contributed by atoms with Crippen molar-refractivity contribution in [1.82, 2.24) is 20.5 Å². The summed E-state index contributed by atoms with van der Waals surface area (Å²) in [4.78, 5) is 18.6. The Balaban J connectivity index is 1.03. The highest BCUT2D eigenvalue weighted by molar-refractivity contribution is 5.78. The highest BCUT2D eigenvalue weighted by Crippen LogP contribution is 2.43. The summed E-state index contributed by atoms with van der Waals surface area (Å²) in [7, 11) is 0. The first-order valence-electron chi connectivity index (χ1n) is 11.5. The SMILES string of the molecule is O=C(CN1CCC2(CC1)CC(N[C@@H]1C[C@H]1c1ccccc1)CO2)NCc1cccnc1.